The molecule has 1 saturated carbocycles. The summed E-state index contributed by atoms with van der Waals surface area (Å²) in [6.07, 6.45) is 2.25. The van der Waals surface area contributed by atoms with Crippen molar-refractivity contribution in [2.24, 2.45) is 0 Å². The number of rotatable bonds is 3. The van der Waals surface area contributed by atoms with Crippen LogP contribution in [0.2, 0.25) is 5.02 Å². The number of nitrogens with one attached hydrogen (secondary N) is 1. The Morgan fingerprint density at radius 3 is 2.73 bits per heavy atom. The van der Waals surface area contributed by atoms with E-state index in [9.17, 15) is 4.79 Å². The van der Waals surface area contributed by atoms with Crippen molar-refractivity contribution in [1.29, 1.82) is 0 Å². The summed E-state index contributed by atoms with van der Waals surface area (Å²) in [7, 11) is 0. The lowest BCUT2D eigenvalue weighted by atomic mass is 9.90. The van der Waals surface area contributed by atoms with Crippen LogP contribution in [0.15, 0.2) is 63.9 Å². The molecule has 0 amide bonds. The highest BCUT2D eigenvalue weighted by Gasteiger charge is 2.31. The standard InChI is InChI=1S/C29H23ClN4O3/c1-15-11-22(30)26-23(12-15)34(28(31-26)17-7-8-17)19-9-10-21-24(13-19)36-14-18-5-3-4-6-20(18)25(21)16(2)27-32-29(35)37-33-27/h3-6,9-13,17H,7-8,14H2,1-2H3,(H,32,33,35)/b25-16-. The van der Waals surface area contributed by atoms with E-state index in [0.717, 1.165) is 74.5 Å². The highest BCUT2D eigenvalue weighted by Crippen LogP contribution is 2.45. The van der Waals surface area contributed by atoms with Gasteiger partial charge in [0.2, 0.25) is 0 Å². The topological polar surface area (TPSA) is 85.9 Å². The maximum atomic E-state index is 11.7. The van der Waals surface area contributed by atoms with Crippen LogP contribution in [-0.4, -0.2) is 19.7 Å². The lowest BCUT2D eigenvalue weighted by Gasteiger charge is -2.16. The normalized spacial score (nSPS) is 16.2. The van der Waals surface area contributed by atoms with Crippen molar-refractivity contribution in [3.63, 3.8) is 0 Å². The number of hydrogen-bond acceptors (Lipinski definition) is 5. The second-order valence-corrected chi connectivity index (χ2v) is 10.2. The fourth-order valence-electron chi connectivity index (χ4n) is 5.25. The number of allylic oxidation sites excluding steroid dienone is 1. The first-order valence-corrected chi connectivity index (χ1v) is 12.7. The van der Waals surface area contributed by atoms with Crippen LogP contribution in [0.25, 0.3) is 27.9 Å². The molecular weight excluding hydrogens is 488 g/mol. The minimum Gasteiger partial charge on any atom is -0.488 e. The second-order valence-electron chi connectivity index (χ2n) is 9.76. The van der Waals surface area contributed by atoms with E-state index in [1.54, 1.807) is 0 Å². The SMILES string of the molecule is C/C(=C1\c2ccccc2COc2cc(-n3c(C4CC4)nc4c(Cl)cc(C)cc43)ccc21)c1noc(=O)[nH]1. The quantitative estimate of drug-likeness (QED) is 0.303. The number of H-pyrrole nitrogens is 1. The number of fused-ring (bicyclic) bond motifs is 3. The summed E-state index contributed by atoms with van der Waals surface area (Å²) in [6.45, 7) is 4.40. The monoisotopic (exact) mass is 510 g/mol. The molecule has 184 valence electrons. The summed E-state index contributed by atoms with van der Waals surface area (Å²) in [5.41, 5.74) is 8.62. The number of aromatic amines is 1. The molecule has 1 fully saturated rings. The summed E-state index contributed by atoms with van der Waals surface area (Å²) in [5, 5.41) is 4.61. The van der Waals surface area contributed by atoms with Crippen molar-refractivity contribution >= 4 is 33.8 Å². The lowest BCUT2D eigenvalue weighted by Crippen LogP contribution is -2.02. The largest absolute Gasteiger partial charge is 0.488 e. The number of imidazole rings is 1. The minimum atomic E-state index is -0.586. The number of aryl methyl sites for hydroxylation is 1. The van der Waals surface area contributed by atoms with E-state index < -0.39 is 5.76 Å². The van der Waals surface area contributed by atoms with E-state index in [4.69, 9.17) is 25.8 Å². The molecule has 0 unspecified atom stereocenters. The molecule has 0 radical (unpaired) electrons. The fraction of sp³-hybridized carbons (Fsp3) is 0.207. The van der Waals surface area contributed by atoms with Crippen LogP contribution in [0.4, 0.5) is 0 Å². The molecule has 1 aliphatic carbocycles. The zero-order valence-electron chi connectivity index (χ0n) is 20.3. The number of hydrogen-bond donors (Lipinski definition) is 1. The van der Waals surface area contributed by atoms with Crippen LogP contribution in [0.1, 0.15) is 59.6 Å². The molecule has 8 heteroatoms. The average Bonchev–Trinajstić information content (AvgIpc) is 3.57. The molecular formula is C29H23ClN4O3. The van der Waals surface area contributed by atoms with Crippen molar-refractivity contribution in [2.75, 3.05) is 0 Å². The Hall–Kier alpha value is -4.10. The molecule has 1 N–H and O–H groups in total. The van der Waals surface area contributed by atoms with Gasteiger partial charge in [0.25, 0.3) is 0 Å². The highest BCUT2D eigenvalue weighted by atomic mass is 35.5. The molecule has 2 aliphatic rings. The number of aromatic nitrogens is 4. The van der Waals surface area contributed by atoms with E-state index in [0.29, 0.717) is 23.4 Å². The maximum Gasteiger partial charge on any atom is 0.439 e. The Balaban J connectivity index is 1.47. The van der Waals surface area contributed by atoms with E-state index >= 15 is 0 Å². The first-order chi connectivity index (χ1) is 18.0. The van der Waals surface area contributed by atoms with Gasteiger partial charge in [-0.2, -0.15) is 0 Å². The van der Waals surface area contributed by atoms with Crippen molar-refractivity contribution in [3.05, 3.63) is 104 Å². The summed E-state index contributed by atoms with van der Waals surface area (Å²) in [6, 6.07) is 18.5. The number of halogens is 1. The Labute approximate surface area is 217 Å². The molecule has 0 atom stereocenters. The second kappa shape index (κ2) is 8.21. The molecule has 0 saturated heterocycles. The molecule has 5 aromatic rings. The van der Waals surface area contributed by atoms with Gasteiger partial charge in [0.1, 0.15) is 23.7 Å². The first kappa shape index (κ1) is 22.1. The molecule has 7 nitrogen and oxygen atoms in total. The predicted molar refractivity (Wildman–Crippen MR) is 142 cm³/mol. The molecule has 3 heterocycles. The van der Waals surface area contributed by atoms with Gasteiger partial charge in [-0.25, -0.2) is 9.78 Å². The van der Waals surface area contributed by atoms with E-state index in [1.165, 1.54) is 0 Å². The molecule has 0 spiro atoms. The molecule has 0 bridgehead atoms. The van der Waals surface area contributed by atoms with Gasteiger partial charge in [0.15, 0.2) is 5.82 Å². The Bertz CT molecular complexity index is 1810. The van der Waals surface area contributed by atoms with Crippen LogP contribution >= 0.6 is 11.6 Å². The highest BCUT2D eigenvalue weighted by molar-refractivity contribution is 6.35. The van der Waals surface area contributed by atoms with Crippen LogP contribution in [-0.2, 0) is 6.61 Å². The van der Waals surface area contributed by atoms with Crippen LogP contribution < -0.4 is 10.5 Å². The summed E-state index contributed by atoms with van der Waals surface area (Å²) >= 11 is 6.62. The lowest BCUT2D eigenvalue weighted by molar-refractivity contribution is 0.307. The average molecular weight is 511 g/mol. The van der Waals surface area contributed by atoms with Gasteiger partial charge in [-0.05, 0) is 73.2 Å². The molecule has 1 aliphatic heterocycles. The van der Waals surface area contributed by atoms with Gasteiger partial charge in [0, 0.05) is 23.1 Å². The Morgan fingerprint density at radius 1 is 1.11 bits per heavy atom. The number of benzene rings is 3. The predicted octanol–water partition coefficient (Wildman–Crippen LogP) is 6.41. The number of ether oxygens (including phenoxy) is 1. The third-order valence-corrected chi connectivity index (χ3v) is 7.45. The summed E-state index contributed by atoms with van der Waals surface area (Å²) in [5.74, 6) is 2.02. The smallest absolute Gasteiger partial charge is 0.439 e. The molecule has 2 aromatic heterocycles. The van der Waals surface area contributed by atoms with Gasteiger partial charge < -0.3 is 4.74 Å². The first-order valence-electron chi connectivity index (χ1n) is 12.3. The van der Waals surface area contributed by atoms with Gasteiger partial charge in [-0.15, -0.1) is 0 Å². The van der Waals surface area contributed by atoms with Crippen molar-refractivity contribution in [1.82, 2.24) is 19.7 Å². The zero-order valence-corrected chi connectivity index (χ0v) is 21.1. The zero-order chi connectivity index (χ0) is 25.3. The molecule has 7 rings (SSSR count). The number of nitrogens with zero attached hydrogens (tertiary/aromatic N) is 3. The van der Waals surface area contributed by atoms with Gasteiger partial charge in [0.05, 0.1) is 16.2 Å². The third-order valence-electron chi connectivity index (χ3n) is 7.16. The summed E-state index contributed by atoms with van der Waals surface area (Å²) < 4.78 is 13.4. The molecule has 37 heavy (non-hydrogen) atoms. The maximum absolute atomic E-state index is 11.7. The van der Waals surface area contributed by atoms with Gasteiger partial charge >= 0.3 is 5.76 Å². The van der Waals surface area contributed by atoms with Crippen molar-refractivity contribution in [3.8, 4) is 11.4 Å². The van der Waals surface area contributed by atoms with Crippen LogP contribution in [0, 0.1) is 6.92 Å². The van der Waals surface area contributed by atoms with Crippen LogP contribution in [0.5, 0.6) is 5.75 Å². The van der Waals surface area contributed by atoms with E-state index in [-0.39, 0.29) is 0 Å². The minimum absolute atomic E-state index is 0.397. The third kappa shape index (κ3) is 3.61. The van der Waals surface area contributed by atoms with Gasteiger partial charge in [-0.3, -0.25) is 14.1 Å². The Kier molecular flexibility index (Phi) is 4.91. The fourth-order valence-corrected chi connectivity index (χ4v) is 5.56. The van der Waals surface area contributed by atoms with Crippen molar-refractivity contribution in [2.45, 2.75) is 39.2 Å². The van der Waals surface area contributed by atoms with Crippen molar-refractivity contribution < 1.29 is 9.26 Å². The van der Waals surface area contributed by atoms with E-state index in [1.807, 2.05) is 32.0 Å². The van der Waals surface area contributed by atoms with Gasteiger partial charge in [-0.1, -0.05) is 41.0 Å². The van der Waals surface area contributed by atoms with E-state index in [2.05, 4.69) is 51.1 Å². The van der Waals surface area contributed by atoms with Crippen LogP contribution in [0.3, 0.4) is 0 Å². The molecule has 3 aromatic carbocycles. The summed E-state index contributed by atoms with van der Waals surface area (Å²) in [4.78, 5) is 19.4. The Morgan fingerprint density at radius 2 is 1.95 bits per heavy atom.